The molecule has 5 nitrogen and oxygen atoms in total. The van der Waals surface area contributed by atoms with Crippen LogP contribution in [0.1, 0.15) is 38.8 Å². The Morgan fingerprint density at radius 2 is 1.72 bits per heavy atom. The normalized spacial score (nSPS) is 11.4. The van der Waals surface area contributed by atoms with Crippen molar-refractivity contribution in [3.63, 3.8) is 0 Å². The molecule has 152 valence electrons. The van der Waals surface area contributed by atoms with Gasteiger partial charge in [0, 0.05) is 24.8 Å². The van der Waals surface area contributed by atoms with Crippen molar-refractivity contribution in [3.05, 3.63) is 65.7 Å². The smallest absolute Gasteiger partial charge is 0.216 e. The molecule has 0 unspecified atom stereocenters. The van der Waals surface area contributed by atoms with Crippen LogP contribution in [0.3, 0.4) is 0 Å². The van der Waals surface area contributed by atoms with Crippen molar-refractivity contribution in [2.45, 2.75) is 44.8 Å². The quantitative estimate of drug-likeness (QED) is 0.461. The molecule has 1 amide bonds. The van der Waals surface area contributed by atoms with Gasteiger partial charge in [0.15, 0.2) is 11.0 Å². The minimum absolute atomic E-state index is 0.0176. The van der Waals surface area contributed by atoms with Crippen molar-refractivity contribution in [2.24, 2.45) is 0 Å². The molecule has 0 fully saturated rings. The van der Waals surface area contributed by atoms with Gasteiger partial charge in [0.05, 0.1) is 6.54 Å². The maximum Gasteiger partial charge on any atom is 0.216 e. The van der Waals surface area contributed by atoms with Crippen LogP contribution in [-0.2, 0) is 16.8 Å². The summed E-state index contributed by atoms with van der Waals surface area (Å²) in [6, 6.07) is 18.9. The molecule has 0 radical (unpaired) electrons. The lowest BCUT2D eigenvalue weighted by Crippen LogP contribution is -2.22. The summed E-state index contributed by atoms with van der Waals surface area (Å²) < 4.78 is 2.15. The maximum absolute atomic E-state index is 11.1. The first-order chi connectivity index (χ1) is 13.8. The third-order valence-electron chi connectivity index (χ3n) is 4.62. The first-order valence-electron chi connectivity index (χ1n) is 9.80. The van der Waals surface area contributed by atoms with Gasteiger partial charge in [-0.2, -0.15) is 0 Å². The van der Waals surface area contributed by atoms with E-state index in [1.54, 1.807) is 11.8 Å². The average molecular weight is 409 g/mol. The molecule has 6 heteroatoms. The van der Waals surface area contributed by atoms with E-state index >= 15 is 0 Å². The second-order valence-corrected chi connectivity index (χ2v) is 9.10. The van der Waals surface area contributed by atoms with E-state index in [2.05, 4.69) is 77.3 Å². The van der Waals surface area contributed by atoms with Gasteiger partial charge >= 0.3 is 0 Å². The van der Waals surface area contributed by atoms with Gasteiger partial charge in [0.25, 0.3) is 0 Å². The largest absolute Gasteiger partial charge is 0.356 e. The molecule has 3 aromatic rings. The van der Waals surface area contributed by atoms with Crippen LogP contribution in [0, 0.1) is 0 Å². The standard InChI is InChI=1S/C23H28N4OS/c1-17(28)24-14-15-29-22-26-25-21(27(22)16-18-8-6-5-7-9-18)19-10-12-20(13-11-19)23(2,3)4/h5-13H,14-16H2,1-4H3,(H,24,28). The summed E-state index contributed by atoms with van der Waals surface area (Å²) in [5.74, 6) is 1.59. The molecule has 1 aromatic heterocycles. The van der Waals surface area contributed by atoms with Crippen LogP contribution in [0.5, 0.6) is 0 Å². The lowest BCUT2D eigenvalue weighted by atomic mass is 9.87. The van der Waals surface area contributed by atoms with Crippen LogP contribution in [0.2, 0.25) is 0 Å². The fourth-order valence-corrected chi connectivity index (χ4v) is 3.80. The van der Waals surface area contributed by atoms with Gasteiger partial charge in [0.2, 0.25) is 5.91 Å². The van der Waals surface area contributed by atoms with Gasteiger partial charge in [-0.1, -0.05) is 87.1 Å². The molecular formula is C23H28N4OS. The third-order valence-corrected chi connectivity index (χ3v) is 5.59. The van der Waals surface area contributed by atoms with Gasteiger partial charge in [-0.15, -0.1) is 10.2 Å². The Hall–Kier alpha value is -2.60. The predicted octanol–water partition coefficient (Wildman–Crippen LogP) is 4.52. The zero-order chi connectivity index (χ0) is 20.9. The van der Waals surface area contributed by atoms with E-state index in [9.17, 15) is 4.79 Å². The highest BCUT2D eigenvalue weighted by Crippen LogP contribution is 2.28. The summed E-state index contributed by atoms with van der Waals surface area (Å²) in [6.45, 7) is 9.47. The summed E-state index contributed by atoms with van der Waals surface area (Å²) >= 11 is 1.61. The number of nitrogens with zero attached hydrogens (tertiary/aromatic N) is 3. The highest BCUT2D eigenvalue weighted by Gasteiger charge is 2.17. The summed E-state index contributed by atoms with van der Waals surface area (Å²) in [5, 5.41) is 12.6. The van der Waals surface area contributed by atoms with E-state index in [1.807, 2.05) is 18.2 Å². The summed E-state index contributed by atoms with van der Waals surface area (Å²) in [5.41, 5.74) is 3.65. The van der Waals surface area contributed by atoms with Crippen molar-refractivity contribution < 1.29 is 4.79 Å². The fraction of sp³-hybridized carbons (Fsp3) is 0.348. The van der Waals surface area contributed by atoms with Gasteiger partial charge in [-0.05, 0) is 16.5 Å². The highest BCUT2D eigenvalue weighted by molar-refractivity contribution is 7.99. The fourth-order valence-electron chi connectivity index (χ4n) is 3.01. The Morgan fingerprint density at radius 3 is 2.34 bits per heavy atom. The van der Waals surface area contributed by atoms with Crippen LogP contribution in [-0.4, -0.2) is 33.0 Å². The summed E-state index contributed by atoms with van der Waals surface area (Å²) in [6.07, 6.45) is 0. The number of amides is 1. The lowest BCUT2D eigenvalue weighted by molar-refractivity contribution is -0.118. The predicted molar refractivity (Wildman–Crippen MR) is 119 cm³/mol. The van der Waals surface area contributed by atoms with Crippen LogP contribution < -0.4 is 5.32 Å². The van der Waals surface area contributed by atoms with E-state index in [0.717, 1.165) is 22.3 Å². The van der Waals surface area contributed by atoms with Gasteiger partial charge in [0.1, 0.15) is 0 Å². The van der Waals surface area contributed by atoms with Gasteiger partial charge in [-0.3, -0.25) is 9.36 Å². The number of nitrogens with one attached hydrogen (secondary N) is 1. The lowest BCUT2D eigenvalue weighted by Gasteiger charge is -2.19. The Kier molecular flexibility index (Phi) is 6.75. The number of carbonyl (C=O) groups is 1. The number of thioether (sulfide) groups is 1. The number of hydrogen-bond donors (Lipinski definition) is 1. The molecule has 0 atom stereocenters. The van der Waals surface area contributed by atoms with Crippen LogP contribution in [0.4, 0.5) is 0 Å². The summed E-state index contributed by atoms with van der Waals surface area (Å²) in [7, 11) is 0. The minimum Gasteiger partial charge on any atom is -0.356 e. The number of rotatable bonds is 7. The second kappa shape index (κ2) is 9.27. The number of aromatic nitrogens is 3. The van der Waals surface area contributed by atoms with Gasteiger partial charge < -0.3 is 5.32 Å². The van der Waals surface area contributed by atoms with Crippen LogP contribution in [0.25, 0.3) is 11.4 Å². The molecule has 0 bridgehead atoms. The molecule has 3 rings (SSSR count). The Morgan fingerprint density at radius 1 is 1.03 bits per heavy atom. The summed E-state index contributed by atoms with van der Waals surface area (Å²) in [4.78, 5) is 11.1. The van der Waals surface area contributed by atoms with Crippen molar-refractivity contribution in [1.82, 2.24) is 20.1 Å². The molecule has 0 saturated carbocycles. The molecule has 0 aliphatic rings. The topological polar surface area (TPSA) is 59.8 Å². The number of benzene rings is 2. The maximum atomic E-state index is 11.1. The number of carbonyl (C=O) groups excluding carboxylic acids is 1. The van der Waals surface area contributed by atoms with E-state index in [4.69, 9.17) is 0 Å². The molecule has 1 heterocycles. The van der Waals surface area contributed by atoms with Gasteiger partial charge in [-0.25, -0.2) is 0 Å². The van der Waals surface area contributed by atoms with E-state index in [1.165, 1.54) is 18.1 Å². The third kappa shape index (κ3) is 5.70. The first kappa shape index (κ1) is 21.1. The second-order valence-electron chi connectivity index (χ2n) is 8.04. The van der Waals surface area contributed by atoms with Crippen molar-refractivity contribution >= 4 is 17.7 Å². The minimum atomic E-state index is -0.0176. The average Bonchev–Trinajstić information content (AvgIpc) is 3.08. The van der Waals surface area contributed by atoms with E-state index < -0.39 is 0 Å². The van der Waals surface area contributed by atoms with E-state index in [0.29, 0.717) is 13.1 Å². The Balaban J connectivity index is 1.88. The SMILES string of the molecule is CC(=O)NCCSc1nnc(-c2ccc(C(C)(C)C)cc2)n1Cc1ccccc1. The Labute approximate surface area is 176 Å². The molecule has 0 aliphatic carbocycles. The molecule has 29 heavy (non-hydrogen) atoms. The number of hydrogen-bond acceptors (Lipinski definition) is 4. The molecule has 2 aromatic carbocycles. The molecule has 0 aliphatic heterocycles. The zero-order valence-electron chi connectivity index (χ0n) is 17.5. The highest BCUT2D eigenvalue weighted by atomic mass is 32.2. The molecular weight excluding hydrogens is 380 g/mol. The van der Waals surface area contributed by atoms with Crippen molar-refractivity contribution in [2.75, 3.05) is 12.3 Å². The molecule has 0 saturated heterocycles. The molecule has 1 N–H and O–H groups in total. The van der Waals surface area contributed by atoms with E-state index in [-0.39, 0.29) is 11.3 Å². The van der Waals surface area contributed by atoms with Crippen LogP contribution >= 0.6 is 11.8 Å². The van der Waals surface area contributed by atoms with Crippen molar-refractivity contribution in [1.29, 1.82) is 0 Å². The van der Waals surface area contributed by atoms with Crippen LogP contribution in [0.15, 0.2) is 59.8 Å². The molecule has 0 spiro atoms. The first-order valence-corrected chi connectivity index (χ1v) is 10.8. The monoisotopic (exact) mass is 408 g/mol. The Bertz CT molecular complexity index is 943. The zero-order valence-corrected chi connectivity index (χ0v) is 18.3. The van der Waals surface area contributed by atoms with Crippen molar-refractivity contribution in [3.8, 4) is 11.4 Å².